The summed E-state index contributed by atoms with van der Waals surface area (Å²) in [6, 6.07) is 10.1. The third-order valence-corrected chi connectivity index (χ3v) is 5.71. The molecule has 7 heteroatoms. The first kappa shape index (κ1) is 16.6. The van der Waals surface area contributed by atoms with Gasteiger partial charge in [-0.2, -0.15) is 0 Å². The molecular formula is C18H22N4O2S. The number of nitrogens with zero attached hydrogens (tertiary/aromatic N) is 4. The largest absolute Gasteiger partial charge is 0.374 e. The van der Waals surface area contributed by atoms with Crippen molar-refractivity contribution in [1.82, 2.24) is 19.7 Å². The predicted octanol–water partition coefficient (Wildman–Crippen LogP) is 2.53. The van der Waals surface area contributed by atoms with E-state index in [2.05, 4.69) is 10.1 Å². The fourth-order valence-electron chi connectivity index (χ4n) is 3.63. The molecule has 1 aromatic carbocycles. The number of fused-ring (bicyclic) bond motifs is 1. The van der Waals surface area contributed by atoms with Crippen molar-refractivity contribution in [2.24, 2.45) is 0 Å². The van der Waals surface area contributed by atoms with E-state index in [1.165, 1.54) is 24.6 Å². The summed E-state index contributed by atoms with van der Waals surface area (Å²) in [6.07, 6.45) is 6.44. The van der Waals surface area contributed by atoms with Crippen molar-refractivity contribution < 1.29 is 9.53 Å². The van der Waals surface area contributed by atoms with E-state index >= 15 is 0 Å². The van der Waals surface area contributed by atoms with Gasteiger partial charge in [0.2, 0.25) is 11.1 Å². The molecule has 1 aliphatic heterocycles. The third-order valence-electron chi connectivity index (χ3n) is 4.87. The number of thioether (sulfide) groups is 1. The highest BCUT2D eigenvalue weighted by atomic mass is 32.2. The normalized spacial score (nSPS) is 23.3. The van der Waals surface area contributed by atoms with Crippen LogP contribution in [0.2, 0.25) is 0 Å². The Morgan fingerprint density at radius 1 is 1.24 bits per heavy atom. The summed E-state index contributed by atoms with van der Waals surface area (Å²) in [5, 5.41) is 5.08. The average molecular weight is 358 g/mol. The molecule has 0 N–H and O–H groups in total. The molecule has 1 saturated carbocycles. The second kappa shape index (κ2) is 7.58. The lowest BCUT2D eigenvalue weighted by molar-refractivity contribution is -0.146. The molecule has 132 valence electrons. The second-order valence-electron chi connectivity index (χ2n) is 6.44. The molecular weight excluding hydrogens is 336 g/mol. The van der Waals surface area contributed by atoms with Crippen molar-refractivity contribution >= 4 is 17.7 Å². The summed E-state index contributed by atoms with van der Waals surface area (Å²) in [7, 11) is 0. The van der Waals surface area contributed by atoms with Crippen molar-refractivity contribution in [2.45, 2.75) is 43.0 Å². The quantitative estimate of drug-likeness (QED) is 0.786. The van der Waals surface area contributed by atoms with Crippen LogP contribution in [0, 0.1) is 0 Å². The topological polar surface area (TPSA) is 60.2 Å². The Morgan fingerprint density at radius 3 is 2.96 bits per heavy atom. The lowest BCUT2D eigenvalue weighted by atomic mass is 9.90. The molecule has 2 fully saturated rings. The molecule has 1 aliphatic carbocycles. The first-order valence-corrected chi connectivity index (χ1v) is 9.81. The predicted molar refractivity (Wildman–Crippen MR) is 95.8 cm³/mol. The number of rotatable bonds is 4. The van der Waals surface area contributed by atoms with Gasteiger partial charge in [0.25, 0.3) is 0 Å². The highest BCUT2D eigenvalue weighted by molar-refractivity contribution is 7.99. The van der Waals surface area contributed by atoms with Gasteiger partial charge < -0.3 is 9.64 Å². The van der Waals surface area contributed by atoms with Gasteiger partial charge in [0, 0.05) is 6.54 Å². The maximum Gasteiger partial charge on any atom is 0.233 e. The van der Waals surface area contributed by atoms with E-state index in [0.29, 0.717) is 24.1 Å². The smallest absolute Gasteiger partial charge is 0.233 e. The standard InChI is InChI=1S/C18H22N4O2S/c23-17(21-10-11-24-16-9-5-4-8-15(16)21)12-25-18-19-13-22(20-18)14-6-2-1-3-7-14/h1-3,6-7,13,15-16H,4-5,8-12H2/t15-,16+/m0/s1. The Bertz CT molecular complexity index is 719. The van der Waals surface area contributed by atoms with Crippen LogP contribution in [0.3, 0.4) is 0 Å². The number of amides is 1. The van der Waals surface area contributed by atoms with E-state index < -0.39 is 0 Å². The van der Waals surface area contributed by atoms with Crippen molar-refractivity contribution in [3.63, 3.8) is 0 Å². The van der Waals surface area contributed by atoms with Gasteiger partial charge in [0.05, 0.1) is 30.2 Å². The molecule has 0 radical (unpaired) electrons. The van der Waals surface area contributed by atoms with Gasteiger partial charge >= 0.3 is 0 Å². The summed E-state index contributed by atoms with van der Waals surface area (Å²) >= 11 is 1.40. The molecule has 2 atom stereocenters. The van der Waals surface area contributed by atoms with E-state index in [9.17, 15) is 4.79 Å². The minimum Gasteiger partial charge on any atom is -0.374 e. The number of para-hydroxylation sites is 1. The number of hydrogen-bond acceptors (Lipinski definition) is 5. The summed E-state index contributed by atoms with van der Waals surface area (Å²) in [6.45, 7) is 1.35. The van der Waals surface area contributed by atoms with Crippen LogP contribution in [0.15, 0.2) is 41.8 Å². The molecule has 0 bridgehead atoms. The SMILES string of the molecule is O=C(CSc1ncn(-c2ccccc2)n1)N1CCO[C@@H]2CCCC[C@@H]21. The maximum atomic E-state index is 12.7. The van der Waals surface area contributed by atoms with Crippen LogP contribution in [0.1, 0.15) is 25.7 Å². The number of carbonyl (C=O) groups excluding carboxylic acids is 1. The van der Waals surface area contributed by atoms with Crippen LogP contribution in [-0.2, 0) is 9.53 Å². The highest BCUT2D eigenvalue weighted by Gasteiger charge is 2.36. The first-order chi connectivity index (χ1) is 12.3. The molecule has 1 amide bonds. The van der Waals surface area contributed by atoms with Gasteiger partial charge in [0.15, 0.2) is 0 Å². The van der Waals surface area contributed by atoms with E-state index in [-0.39, 0.29) is 18.1 Å². The molecule has 6 nitrogen and oxygen atoms in total. The van der Waals surface area contributed by atoms with Crippen LogP contribution in [-0.4, -0.2) is 56.6 Å². The zero-order valence-corrected chi connectivity index (χ0v) is 14.9. The van der Waals surface area contributed by atoms with Gasteiger partial charge in [-0.25, -0.2) is 9.67 Å². The van der Waals surface area contributed by atoms with Crippen LogP contribution < -0.4 is 0 Å². The second-order valence-corrected chi connectivity index (χ2v) is 7.39. The molecule has 2 aliphatic rings. The summed E-state index contributed by atoms with van der Waals surface area (Å²) < 4.78 is 7.58. The van der Waals surface area contributed by atoms with Gasteiger partial charge in [-0.05, 0) is 25.0 Å². The number of aromatic nitrogens is 3. The number of ether oxygens (including phenoxy) is 1. The van der Waals surface area contributed by atoms with Crippen LogP contribution >= 0.6 is 11.8 Å². The van der Waals surface area contributed by atoms with Gasteiger partial charge in [-0.15, -0.1) is 5.10 Å². The van der Waals surface area contributed by atoms with E-state index in [1.807, 2.05) is 35.2 Å². The Kier molecular flexibility index (Phi) is 5.03. The Balaban J connectivity index is 1.36. The monoisotopic (exact) mass is 358 g/mol. The van der Waals surface area contributed by atoms with Crippen molar-refractivity contribution in [2.75, 3.05) is 18.9 Å². The minimum atomic E-state index is 0.168. The van der Waals surface area contributed by atoms with Gasteiger partial charge in [-0.3, -0.25) is 4.79 Å². The molecule has 0 unspecified atom stereocenters. The van der Waals surface area contributed by atoms with Gasteiger partial charge in [0.1, 0.15) is 6.33 Å². The first-order valence-electron chi connectivity index (χ1n) is 8.82. The van der Waals surface area contributed by atoms with Crippen molar-refractivity contribution in [1.29, 1.82) is 0 Å². The zero-order valence-electron chi connectivity index (χ0n) is 14.1. The average Bonchev–Trinajstić information content (AvgIpc) is 3.15. The maximum absolute atomic E-state index is 12.7. The highest BCUT2D eigenvalue weighted by Crippen LogP contribution is 2.29. The lowest BCUT2D eigenvalue weighted by Gasteiger charge is -2.43. The summed E-state index contributed by atoms with van der Waals surface area (Å²) in [5.74, 6) is 0.545. The minimum absolute atomic E-state index is 0.168. The van der Waals surface area contributed by atoms with E-state index in [0.717, 1.165) is 18.5 Å². The third kappa shape index (κ3) is 3.72. The number of hydrogen-bond donors (Lipinski definition) is 0. The number of benzene rings is 1. The fraction of sp³-hybridized carbons (Fsp3) is 0.500. The lowest BCUT2D eigenvalue weighted by Crippen LogP contribution is -2.55. The van der Waals surface area contributed by atoms with Crippen LogP contribution in [0.25, 0.3) is 5.69 Å². The molecule has 0 spiro atoms. The molecule has 1 saturated heterocycles. The van der Waals surface area contributed by atoms with Crippen molar-refractivity contribution in [3.8, 4) is 5.69 Å². The molecule has 25 heavy (non-hydrogen) atoms. The van der Waals surface area contributed by atoms with Gasteiger partial charge in [-0.1, -0.05) is 42.8 Å². The van der Waals surface area contributed by atoms with Crippen LogP contribution in [0.5, 0.6) is 0 Å². The van der Waals surface area contributed by atoms with Crippen LogP contribution in [0.4, 0.5) is 0 Å². The molecule has 2 heterocycles. The van der Waals surface area contributed by atoms with E-state index in [1.54, 1.807) is 11.0 Å². The van der Waals surface area contributed by atoms with E-state index in [4.69, 9.17) is 4.74 Å². The molecule has 1 aromatic heterocycles. The number of carbonyl (C=O) groups is 1. The molecule has 2 aromatic rings. The fourth-order valence-corrected chi connectivity index (χ4v) is 4.32. The summed E-state index contributed by atoms with van der Waals surface area (Å²) in [4.78, 5) is 19.0. The Morgan fingerprint density at radius 2 is 2.08 bits per heavy atom. The number of morpholine rings is 1. The van der Waals surface area contributed by atoms with Crippen molar-refractivity contribution in [3.05, 3.63) is 36.7 Å². The Labute approximate surface area is 151 Å². The Hall–Kier alpha value is -1.86. The zero-order chi connectivity index (χ0) is 17.1. The summed E-state index contributed by atoms with van der Waals surface area (Å²) in [5.41, 5.74) is 0.964. The molecule has 4 rings (SSSR count).